The van der Waals surface area contributed by atoms with E-state index in [4.69, 9.17) is 9.84 Å². The molecule has 0 aromatic carbocycles. The van der Waals surface area contributed by atoms with Crippen LogP contribution in [-0.4, -0.2) is 71.4 Å². The molecule has 0 radical (unpaired) electrons. The van der Waals surface area contributed by atoms with Crippen molar-refractivity contribution in [3.8, 4) is 0 Å². The van der Waals surface area contributed by atoms with E-state index in [0.29, 0.717) is 0 Å². The summed E-state index contributed by atoms with van der Waals surface area (Å²) >= 11 is 0. The SMILES string of the molecule is OCCN1CCO[C@@]2(CCCN(Cc3ccccn3)C2)C1. The number of rotatable bonds is 4. The van der Waals surface area contributed by atoms with Crippen LogP contribution in [0.5, 0.6) is 0 Å². The molecule has 1 aromatic heterocycles. The summed E-state index contributed by atoms with van der Waals surface area (Å²) in [4.78, 5) is 9.20. The summed E-state index contributed by atoms with van der Waals surface area (Å²) in [6, 6.07) is 6.08. The van der Waals surface area contributed by atoms with Gasteiger partial charge in [-0.2, -0.15) is 0 Å². The number of hydrogen-bond acceptors (Lipinski definition) is 5. The number of aliphatic hydroxyl groups is 1. The summed E-state index contributed by atoms with van der Waals surface area (Å²) in [5, 5.41) is 9.15. The molecule has 0 saturated carbocycles. The van der Waals surface area contributed by atoms with E-state index in [9.17, 15) is 0 Å². The second kappa shape index (κ2) is 6.83. The van der Waals surface area contributed by atoms with Crippen LogP contribution >= 0.6 is 0 Å². The van der Waals surface area contributed by atoms with Gasteiger partial charge in [0, 0.05) is 38.9 Å². The van der Waals surface area contributed by atoms with Crippen molar-refractivity contribution in [1.82, 2.24) is 14.8 Å². The van der Waals surface area contributed by atoms with Gasteiger partial charge < -0.3 is 9.84 Å². The van der Waals surface area contributed by atoms with E-state index < -0.39 is 0 Å². The maximum absolute atomic E-state index is 9.15. The van der Waals surface area contributed by atoms with Gasteiger partial charge in [0.25, 0.3) is 0 Å². The minimum atomic E-state index is -0.0551. The van der Waals surface area contributed by atoms with Crippen molar-refractivity contribution >= 4 is 0 Å². The normalized spacial score (nSPS) is 28.0. The minimum Gasteiger partial charge on any atom is -0.395 e. The molecule has 2 fully saturated rings. The van der Waals surface area contributed by atoms with Gasteiger partial charge in [-0.3, -0.25) is 14.8 Å². The van der Waals surface area contributed by atoms with Crippen LogP contribution < -0.4 is 0 Å². The van der Waals surface area contributed by atoms with Gasteiger partial charge in [0.05, 0.1) is 24.5 Å². The van der Waals surface area contributed by atoms with Crippen LogP contribution in [0.15, 0.2) is 24.4 Å². The third kappa shape index (κ3) is 3.80. The number of pyridine rings is 1. The third-order valence-corrected chi connectivity index (χ3v) is 4.47. The Bertz CT molecular complexity index is 436. The maximum Gasteiger partial charge on any atom is 0.0936 e. The first-order chi connectivity index (χ1) is 10.3. The molecule has 1 spiro atoms. The van der Waals surface area contributed by atoms with Gasteiger partial charge in [-0.05, 0) is 31.5 Å². The highest BCUT2D eigenvalue weighted by Crippen LogP contribution is 2.29. The first kappa shape index (κ1) is 14.9. The Labute approximate surface area is 126 Å². The first-order valence-electron chi connectivity index (χ1n) is 7.89. The number of nitrogens with zero attached hydrogens (tertiary/aromatic N) is 3. The molecular formula is C16H25N3O2. The fourth-order valence-corrected chi connectivity index (χ4v) is 3.55. The second-order valence-corrected chi connectivity index (χ2v) is 6.17. The molecule has 21 heavy (non-hydrogen) atoms. The largest absolute Gasteiger partial charge is 0.395 e. The van der Waals surface area contributed by atoms with E-state index >= 15 is 0 Å². The summed E-state index contributed by atoms with van der Waals surface area (Å²) in [6.45, 7) is 6.60. The number of piperidine rings is 1. The Balaban J connectivity index is 1.62. The van der Waals surface area contributed by atoms with Crippen LogP contribution in [-0.2, 0) is 11.3 Å². The molecule has 3 heterocycles. The lowest BCUT2D eigenvalue weighted by Gasteiger charge is -2.48. The smallest absolute Gasteiger partial charge is 0.0936 e. The average molecular weight is 291 g/mol. The molecule has 2 saturated heterocycles. The molecule has 0 unspecified atom stereocenters. The predicted octanol–water partition coefficient (Wildman–Crippen LogP) is 0.741. The number of likely N-dealkylation sites (tertiary alicyclic amines) is 1. The molecule has 5 nitrogen and oxygen atoms in total. The zero-order valence-corrected chi connectivity index (χ0v) is 12.6. The van der Waals surface area contributed by atoms with Crippen LogP contribution in [0, 0.1) is 0 Å². The van der Waals surface area contributed by atoms with E-state index in [1.807, 2.05) is 18.3 Å². The lowest BCUT2D eigenvalue weighted by molar-refractivity contribution is -0.142. The molecule has 0 aliphatic carbocycles. The highest BCUT2D eigenvalue weighted by atomic mass is 16.5. The maximum atomic E-state index is 9.15. The van der Waals surface area contributed by atoms with Crippen LogP contribution in [0.1, 0.15) is 18.5 Å². The summed E-state index contributed by atoms with van der Waals surface area (Å²) in [5.74, 6) is 0. The van der Waals surface area contributed by atoms with Gasteiger partial charge in [0.1, 0.15) is 0 Å². The van der Waals surface area contributed by atoms with Gasteiger partial charge in [0.15, 0.2) is 0 Å². The monoisotopic (exact) mass is 291 g/mol. The lowest BCUT2D eigenvalue weighted by atomic mass is 9.90. The second-order valence-electron chi connectivity index (χ2n) is 6.17. The van der Waals surface area contributed by atoms with Crippen molar-refractivity contribution in [1.29, 1.82) is 0 Å². The lowest BCUT2D eigenvalue weighted by Crippen LogP contribution is -2.59. The fourth-order valence-electron chi connectivity index (χ4n) is 3.55. The Morgan fingerprint density at radius 2 is 2.14 bits per heavy atom. The summed E-state index contributed by atoms with van der Waals surface area (Å²) in [6.07, 6.45) is 4.14. The molecule has 2 aliphatic rings. The molecule has 0 amide bonds. The fraction of sp³-hybridized carbons (Fsp3) is 0.688. The van der Waals surface area contributed by atoms with E-state index in [1.54, 1.807) is 0 Å². The Kier molecular flexibility index (Phi) is 4.85. The zero-order chi connectivity index (χ0) is 14.5. The van der Waals surface area contributed by atoms with Gasteiger partial charge in [-0.1, -0.05) is 6.07 Å². The summed E-state index contributed by atoms with van der Waals surface area (Å²) < 4.78 is 6.17. The molecule has 3 rings (SSSR count). The average Bonchev–Trinajstić information content (AvgIpc) is 2.49. The third-order valence-electron chi connectivity index (χ3n) is 4.47. The quantitative estimate of drug-likeness (QED) is 0.887. The van der Waals surface area contributed by atoms with Crippen LogP contribution in [0.4, 0.5) is 0 Å². The molecule has 1 N–H and O–H groups in total. The van der Waals surface area contributed by atoms with Gasteiger partial charge in [-0.25, -0.2) is 0 Å². The molecule has 1 atom stereocenters. The first-order valence-corrected chi connectivity index (χ1v) is 7.89. The summed E-state index contributed by atoms with van der Waals surface area (Å²) in [5.41, 5.74) is 1.07. The van der Waals surface area contributed by atoms with Crippen LogP contribution in [0.2, 0.25) is 0 Å². The number of morpholine rings is 1. The Morgan fingerprint density at radius 3 is 2.95 bits per heavy atom. The van der Waals surface area contributed by atoms with Crippen molar-refractivity contribution in [3.63, 3.8) is 0 Å². The van der Waals surface area contributed by atoms with Crippen molar-refractivity contribution in [2.45, 2.75) is 25.0 Å². The highest BCUT2D eigenvalue weighted by Gasteiger charge is 2.40. The van der Waals surface area contributed by atoms with Gasteiger partial charge >= 0.3 is 0 Å². The van der Waals surface area contributed by atoms with Crippen molar-refractivity contribution in [2.24, 2.45) is 0 Å². The van der Waals surface area contributed by atoms with E-state index in [-0.39, 0.29) is 12.2 Å². The van der Waals surface area contributed by atoms with Crippen molar-refractivity contribution in [2.75, 3.05) is 45.9 Å². The van der Waals surface area contributed by atoms with Crippen molar-refractivity contribution < 1.29 is 9.84 Å². The number of ether oxygens (including phenoxy) is 1. The van der Waals surface area contributed by atoms with E-state index in [2.05, 4.69) is 20.9 Å². The van der Waals surface area contributed by atoms with Crippen LogP contribution in [0.3, 0.4) is 0 Å². The van der Waals surface area contributed by atoms with Gasteiger partial charge in [-0.15, -0.1) is 0 Å². The molecule has 116 valence electrons. The topological polar surface area (TPSA) is 48.8 Å². The van der Waals surface area contributed by atoms with Crippen molar-refractivity contribution in [3.05, 3.63) is 30.1 Å². The zero-order valence-electron chi connectivity index (χ0n) is 12.6. The standard InChI is InChI=1S/C16H25N3O2/c20-10-8-18-9-11-21-16(13-18)5-3-7-19(14-16)12-15-4-1-2-6-17-15/h1-2,4,6,20H,3,5,7-14H2/t16-/m0/s1. The Morgan fingerprint density at radius 1 is 1.24 bits per heavy atom. The number of β-amino-alcohol motifs (C(OH)–C–C–N with tert-alkyl or cyclic N) is 1. The molecule has 1 aromatic rings. The van der Waals surface area contributed by atoms with E-state index in [1.165, 1.54) is 6.42 Å². The van der Waals surface area contributed by atoms with Crippen LogP contribution in [0.25, 0.3) is 0 Å². The summed E-state index contributed by atoms with van der Waals surface area (Å²) in [7, 11) is 0. The molecular weight excluding hydrogens is 266 g/mol. The van der Waals surface area contributed by atoms with E-state index in [0.717, 1.165) is 58.0 Å². The predicted molar refractivity (Wildman–Crippen MR) is 81.0 cm³/mol. The molecule has 2 aliphatic heterocycles. The number of hydrogen-bond donors (Lipinski definition) is 1. The Hall–Kier alpha value is -1.01. The molecule has 0 bridgehead atoms. The number of aromatic nitrogens is 1. The number of aliphatic hydroxyl groups excluding tert-OH is 1. The minimum absolute atomic E-state index is 0.0551. The molecule has 5 heteroatoms. The van der Waals surface area contributed by atoms with Gasteiger partial charge in [0.2, 0.25) is 0 Å². The highest BCUT2D eigenvalue weighted by molar-refractivity contribution is 5.04.